The molecule has 1 heterocycles. The van der Waals surface area contributed by atoms with Gasteiger partial charge in [-0.25, -0.2) is 4.98 Å². The highest BCUT2D eigenvalue weighted by molar-refractivity contribution is 5.81. The summed E-state index contributed by atoms with van der Waals surface area (Å²) in [7, 11) is 3.22. The van der Waals surface area contributed by atoms with Crippen molar-refractivity contribution >= 4 is 11.1 Å². The van der Waals surface area contributed by atoms with Gasteiger partial charge in [0.25, 0.3) is 0 Å². The zero-order chi connectivity index (χ0) is 15.0. The molecule has 1 aromatic heterocycles. The molecule has 0 aliphatic carbocycles. The number of fused-ring (bicyclic) bond motifs is 1. The van der Waals surface area contributed by atoms with Gasteiger partial charge in [-0.3, -0.25) is 0 Å². The van der Waals surface area contributed by atoms with Gasteiger partial charge in [0.15, 0.2) is 17.1 Å². The summed E-state index contributed by atoms with van der Waals surface area (Å²) >= 11 is 0. The summed E-state index contributed by atoms with van der Waals surface area (Å²) in [6.07, 6.45) is 0. The van der Waals surface area contributed by atoms with Crippen molar-refractivity contribution in [3.05, 3.63) is 41.5 Å². The van der Waals surface area contributed by atoms with Crippen LogP contribution in [0, 0.1) is 13.8 Å². The van der Waals surface area contributed by atoms with E-state index in [9.17, 15) is 0 Å². The Morgan fingerprint density at radius 2 is 1.86 bits per heavy atom. The summed E-state index contributed by atoms with van der Waals surface area (Å²) in [6, 6.07) is 9.75. The maximum absolute atomic E-state index is 5.94. The molecule has 0 fully saturated rings. The number of rotatable bonds is 3. The van der Waals surface area contributed by atoms with Gasteiger partial charge in [-0.1, -0.05) is 12.1 Å². The summed E-state index contributed by atoms with van der Waals surface area (Å²) in [5, 5.41) is 0. The van der Waals surface area contributed by atoms with Crippen LogP contribution in [0.4, 0.5) is 0 Å². The Morgan fingerprint density at radius 1 is 1.05 bits per heavy atom. The Kier molecular flexibility index (Phi) is 3.29. The van der Waals surface area contributed by atoms with Crippen LogP contribution in [0.3, 0.4) is 0 Å². The third-order valence-corrected chi connectivity index (χ3v) is 3.45. The molecular weight excluding hydrogens is 266 g/mol. The first kappa shape index (κ1) is 13.5. The Labute approximate surface area is 123 Å². The van der Waals surface area contributed by atoms with Crippen LogP contribution in [0.25, 0.3) is 22.6 Å². The maximum atomic E-state index is 5.94. The fraction of sp³-hybridized carbons (Fsp3) is 0.235. The van der Waals surface area contributed by atoms with Gasteiger partial charge in [0.1, 0.15) is 5.52 Å². The molecule has 0 saturated heterocycles. The fourth-order valence-electron chi connectivity index (χ4n) is 2.55. The number of methoxy groups -OCH3 is 2. The molecule has 3 aromatic rings. The lowest BCUT2D eigenvalue weighted by atomic mass is 10.1. The van der Waals surface area contributed by atoms with Crippen molar-refractivity contribution in [2.45, 2.75) is 13.8 Å². The molecular formula is C17H17NO3. The van der Waals surface area contributed by atoms with Crippen molar-refractivity contribution in [1.82, 2.24) is 4.98 Å². The number of nitrogens with zero attached hydrogens (tertiary/aromatic N) is 1. The average Bonchev–Trinajstić information content (AvgIpc) is 2.90. The van der Waals surface area contributed by atoms with E-state index in [0.717, 1.165) is 27.8 Å². The smallest absolute Gasteiger partial charge is 0.231 e. The third-order valence-electron chi connectivity index (χ3n) is 3.45. The number of benzene rings is 2. The number of hydrogen-bond donors (Lipinski definition) is 0. The third kappa shape index (κ3) is 2.23. The molecule has 4 heteroatoms. The molecule has 4 nitrogen and oxygen atoms in total. The Bertz CT molecular complexity index is 805. The van der Waals surface area contributed by atoms with Crippen molar-refractivity contribution in [2.24, 2.45) is 0 Å². The number of hydrogen-bond acceptors (Lipinski definition) is 4. The van der Waals surface area contributed by atoms with Crippen LogP contribution in [0.1, 0.15) is 11.1 Å². The van der Waals surface area contributed by atoms with E-state index in [1.54, 1.807) is 14.2 Å². The van der Waals surface area contributed by atoms with Crippen molar-refractivity contribution in [1.29, 1.82) is 0 Å². The monoisotopic (exact) mass is 283 g/mol. The SMILES string of the molecule is COc1cccc(-c2nc3cc(C)cc(C)c3o2)c1OC. The second-order valence-electron chi connectivity index (χ2n) is 4.99. The van der Waals surface area contributed by atoms with Gasteiger partial charge in [0, 0.05) is 0 Å². The van der Waals surface area contributed by atoms with E-state index in [1.807, 2.05) is 38.1 Å². The molecule has 0 radical (unpaired) electrons. The van der Waals surface area contributed by atoms with Gasteiger partial charge in [-0.2, -0.15) is 0 Å². The molecule has 0 N–H and O–H groups in total. The van der Waals surface area contributed by atoms with Crippen molar-refractivity contribution in [3.63, 3.8) is 0 Å². The number of aromatic nitrogens is 1. The number of aryl methyl sites for hydroxylation is 2. The Balaban J connectivity index is 2.23. The lowest BCUT2D eigenvalue weighted by Gasteiger charge is -2.09. The van der Waals surface area contributed by atoms with Crippen LogP contribution < -0.4 is 9.47 Å². The fourth-order valence-corrected chi connectivity index (χ4v) is 2.55. The first-order valence-electron chi connectivity index (χ1n) is 6.73. The largest absolute Gasteiger partial charge is 0.493 e. The van der Waals surface area contributed by atoms with E-state index in [-0.39, 0.29) is 0 Å². The predicted octanol–water partition coefficient (Wildman–Crippen LogP) is 4.13. The van der Waals surface area contributed by atoms with Crippen molar-refractivity contribution in [2.75, 3.05) is 14.2 Å². The Hall–Kier alpha value is -2.49. The quantitative estimate of drug-likeness (QED) is 0.725. The molecule has 21 heavy (non-hydrogen) atoms. The summed E-state index contributed by atoms with van der Waals surface area (Å²) < 4.78 is 16.7. The molecule has 0 spiro atoms. The van der Waals surface area contributed by atoms with E-state index < -0.39 is 0 Å². The van der Waals surface area contributed by atoms with Crippen LogP contribution in [-0.4, -0.2) is 19.2 Å². The Morgan fingerprint density at radius 3 is 2.57 bits per heavy atom. The molecule has 108 valence electrons. The molecule has 0 saturated carbocycles. The second kappa shape index (κ2) is 5.13. The van der Waals surface area contributed by atoms with Crippen LogP contribution >= 0.6 is 0 Å². The van der Waals surface area contributed by atoms with Crippen molar-refractivity contribution < 1.29 is 13.9 Å². The van der Waals surface area contributed by atoms with E-state index in [1.165, 1.54) is 0 Å². The zero-order valence-electron chi connectivity index (χ0n) is 12.6. The van der Waals surface area contributed by atoms with Crippen molar-refractivity contribution in [3.8, 4) is 23.0 Å². The molecule has 0 bridgehead atoms. The highest BCUT2D eigenvalue weighted by atomic mass is 16.5. The number of ether oxygens (including phenoxy) is 2. The van der Waals surface area contributed by atoms with Gasteiger partial charge in [-0.15, -0.1) is 0 Å². The maximum Gasteiger partial charge on any atom is 0.231 e. The highest BCUT2D eigenvalue weighted by Gasteiger charge is 2.17. The normalized spacial score (nSPS) is 10.9. The first-order valence-corrected chi connectivity index (χ1v) is 6.73. The molecule has 0 aliphatic rings. The van der Waals surface area contributed by atoms with E-state index in [0.29, 0.717) is 17.4 Å². The van der Waals surface area contributed by atoms with Crippen LogP contribution in [-0.2, 0) is 0 Å². The van der Waals surface area contributed by atoms with Crippen LogP contribution in [0.15, 0.2) is 34.7 Å². The minimum Gasteiger partial charge on any atom is -0.493 e. The lowest BCUT2D eigenvalue weighted by molar-refractivity contribution is 0.355. The second-order valence-corrected chi connectivity index (χ2v) is 4.99. The van der Waals surface area contributed by atoms with E-state index in [2.05, 4.69) is 11.1 Å². The van der Waals surface area contributed by atoms with Gasteiger partial charge in [0.2, 0.25) is 5.89 Å². The van der Waals surface area contributed by atoms with Gasteiger partial charge in [-0.05, 0) is 43.2 Å². The zero-order valence-corrected chi connectivity index (χ0v) is 12.6. The van der Waals surface area contributed by atoms with Crippen LogP contribution in [0.2, 0.25) is 0 Å². The van der Waals surface area contributed by atoms with Gasteiger partial charge >= 0.3 is 0 Å². The molecule has 0 unspecified atom stereocenters. The minimum atomic E-state index is 0.537. The highest BCUT2D eigenvalue weighted by Crippen LogP contribution is 2.38. The molecule has 0 aliphatic heterocycles. The number of para-hydroxylation sites is 1. The van der Waals surface area contributed by atoms with Crippen LogP contribution in [0.5, 0.6) is 11.5 Å². The summed E-state index contributed by atoms with van der Waals surface area (Å²) in [5.41, 5.74) is 4.68. The van der Waals surface area contributed by atoms with E-state index >= 15 is 0 Å². The molecule has 0 atom stereocenters. The summed E-state index contributed by atoms with van der Waals surface area (Å²) in [5.74, 6) is 1.82. The summed E-state index contributed by atoms with van der Waals surface area (Å²) in [4.78, 5) is 4.59. The van der Waals surface area contributed by atoms with Gasteiger partial charge in [0.05, 0.1) is 19.8 Å². The minimum absolute atomic E-state index is 0.537. The van der Waals surface area contributed by atoms with Gasteiger partial charge < -0.3 is 13.9 Å². The molecule has 3 rings (SSSR count). The number of oxazole rings is 1. The summed E-state index contributed by atoms with van der Waals surface area (Å²) in [6.45, 7) is 4.07. The topological polar surface area (TPSA) is 44.5 Å². The average molecular weight is 283 g/mol. The standard InChI is InChI=1S/C17H17NO3/c1-10-8-11(2)15-13(9-10)18-17(21-15)12-6-5-7-14(19-3)16(12)20-4/h5-9H,1-4H3. The first-order chi connectivity index (χ1) is 10.1. The van der Waals surface area contributed by atoms with E-state index in [4.69, 9.17) is 13.9 Å². The molecule has 0 amide bonds. The molecule has 2 aromatic carbocycles. The lowest BCUT2D eigenvalue weighted by Crippen LogP contribution is -1.93. The predicted molar refractivity (Wildman–Crippen MR) is 82.0 cm³/mol.